The molecule has 0 amide bonds. The highest BCUT2D eigenvalue weighted by Crippen LogP contribution is 2.44. The van der Waals surface area contributed by atoms with Crippen LogP contribution in [0.5, 0.6) is 11.5 Å². The molecule has 28 heavy (non-hydrogen) atoms. The quantitative estimate of drug-likeness (QED) is 0.273. The summed E-state index contributed by atoms with van der Waals surface area (Å²) in [7, 11) is 5.09. The average molecular weight is 505 g/mol. The predicted octanol–water partition coefficient (Wildman–Crippen LogP) is 3.63. The van der Waals surface area contributed by atoms with Crippen LogP contribution >= 0.6 is 24.0 Å². The van der Waals surface area contributed by atoms with E-state index in [-0.39, 0.29) is 24.0 Å². The van der Waals surface area contributed by atoms with Crippen LogP contribution in [0, 0.1) is 5.41 Å². The maximum absolute atomic E-state index is 5.38. The van der Waals surface area contributed by atoms with E-state index in [9.17, 15) is 0 Å². The molecule has 0 unspecified atom stereocenters. The van der Waals surface area contributed by atoms with Gasteiger partial charge in [0, 0.05) is 33.4 Å². The Morgan fingerprint density at radius 2 is 1.86 bits per heavy atom. The molecule has 1 aliphatic rings. The molecule has 2 rings (SSSR count). The number of nitrogens with zero attached hydrogens (tertiary/aromatic N) is 1. The van der Waals surface area contributed by atoms with Crippen LogP contribution in [0.25, 0.3) is 0 Å². The van der Waals surface area contributed by atoms with Crippen molar-refractivity contribution in [2.24, 2.45) is 10.4 Å². The van der Waals surface area contributed by atoms with E-state index in [2.05, 4.69) is 23.6 Å². The van der Waals surface area contributed by atoms with Crippen LogP contribution < -0.4 is 20.1 Å². The van der Waals surface area contributed by atoms with Gasteiger partial charge in [-0.15, -0.1) is 24.0 Å². The molecular weight excluding hydrogens is 469 g/mol. The monoisotopic (exact) mass is 505 g/mol. The molecule has 0 aromatic heterocycles. The fraction of sp³-hybridized carbons (Fsp3) is 0.667. The van der Waals surface area contributed by atoms with E-state index in [1.807, 2.05) is 12.1 Å². The summed E-state index contributed by atoms with van der Waals surface area (Å²) >= 11 is 0. The first-order chi connectivity index (χ1) is 13.2. The molecule has 0 spiro atoms. The zero-order valence-electron chi connectivity index (χ0n) is 17.7. The Kier molecular flexibility index (Phi) is 11.6. The first-order valence-corrected chi connectivity index (χ1v) is 9.88. The lowest BCUT2D eigenvalue weighted by Gasteiger charge is -2.40. The topological polar surface area (TPSA) is 64.1 Å². The van der Waals surface area contributed by atoms with Crippen molar-refractivity contribution in [3.63, 3.8) is 0 Å². The largest absolute Gasteiger partial charge is 0.493 e. The van der Waals surface area contributed by atoms with Crippen molar-refractivity contribution in [2.75, 3.05) is 47.6 Å². The molecule has 0 radical (unpaired) electrons. The summed E-state index contributed by atoms with van der Waals surface area (Å²) in [6.45, 7) is 5.44. The van der Waals surface area contributed by atoms with E-state index >= 15 is 0 Å². The number of benzene rings is 1. The summed E-state index contributed by atoms with van der Waals surface area (Å²) in [6.07, 6.45) is 5.80. The SMILES string of the molecule is CCNC(=NCC1(CCOC)CCC1)NCCc1ccc(OC)c(OC)c1.I. The van der Waals surface area contributed by atoms with Gasteiger partial charge in [0.25, 0.3) is 0 Å². The predicted molar refractivity (Wildman–Crippen MR) is 125 cm³/mol. The molecule has 0 heterocycles. The molecule has 1 fully saturated rings. The van der Waals surface area contributed by atoms with E-state index in [0.29, 0.717) is 5.41 Å². The summed E-state index contributed by atoms with van der Waals surface area (Å²) < 4.78 is 16.0. The number of aliphatic imine (C=N–C) groups is 1. The Hall–Kier alpha value is -1.22. The molecule has 160 valence electrons. The van der Waals surface area contributed by atoms with E-state index < -0.39 is 0 Å². The van der Waals surface area contributed by atoms with Gasteiger partial charge in [0.2, 0.25) is 0 Å². The van der Waals surface area contributed by atoms with E-state index in [4.69, 9.17) is 19.2 Å². The second-order valence-electron chi connectivity index (χ2n) is 7.16. The van der Waals surface area contributed by atoms with E-state index in [0.717, 1.165) is 56.5 Å². The van der Waals surface area contributed by atoms with Gasteiger partial charge in [-0.2, -0.15) is 0 Å². The van der Waals surface area contributed by atoms with Crippen LogP contribution in [-0.4, -0.2) is 53.5 Å². The molecular formula is C21H36IN3O3. The molecule has 0 atom stereocenters. The van der Waals surface area contributed by atoms with Gasteiger partial charge in [-0.05, 0) is 55.7 Å². The van der Waals surface area contributed by atoms with Gasteiger partial charge in [-0.1, -0.05) is 12.5 Å². The molecule has 7 heteroatoms. The van der Waals surface area contributed by atoms with Crippen molar-refractivity contribution in [1.82, 2.24) is 10.6 Å². The molecule has 0 bridgehead atoms. The minimum absolute atomic E-state index is 0. The van der Waals surface area contributed by atoms with Crippen LogP contribution in [0.4, 0.5) is 0 Å². The summed E-state index contributed by atoms with van der Waals surface area (Å²) in [5.41, 5.74) is 1.54. The minimum atomic E-state index is 0. The van der Waals surface area contributed by atoms with Gasteiger partial charge in [-0.25, -0.2) is 0 Å². The number of guanidine groups is 1. The molecule has 1 aromatic carbocycles. The van der Waals surface area contributed by atoms with E-state index in [1.165, 1.54) is 24.8 Å². The highest BCUT2D eigenvalue weighted by Gasteiger charge is 2.36. The second kappa shape index (κ2) is 13.1. The third kappa shape index (κ3) is 7.31. The van der Waals surface area contributed by atoms with Crippen molar-refractivity contribution in [1.29, 1.82) is 0 Å². The lowest BCUT2D eigenvalue weighted by Crippen LogP contribution is -2.41. The average Bonchev–Trinajstić information content (AvgIpc) is 2.66. The Morgan fingerprint density at radius 3 is 2.43 bits per heavy atom. The first-order valence-electron chi connectivity index (χ1n) is 9.88. The second-order valence-corrected chi connectivity index (χ2v) is 7.16. The van der Waals surface area contributed by atoms with E-state index in [1.54, 1.807) is 21.3 Å². The molecule has 1 aliphatic carbocycles. The minimum Gasteiger partial charge on any atom is -0.493 e. The van der Waals surface area contributed by atoms with Gasteiger partial charge in [0.15, 0.2) is 17.5 Å². The smallest absolute Gasteiger partial charge is 0.191 e. The van der Waals surface area contributed by atoms with Crippen molar-refractivity contribution in [3.8, 4) is 11.5 Å². The summed E-state index contributed by atoms with van der Waals surface area (Å²) in [5, 5.41) is 6.80. The maximum Gasteiger partial charge on any atom is 0.191 e. The number of hydrogen-bond donors (Lipinski definition) is 2. The number of nitrogens with one attached hydrogen (secondary N) is 2. The Morgan fingerprint density at radius 1 is 1.11 bits per heavy atom. The number of ether oxygens (including phenoxy) is 3. The maximum atomic E-state index is 5.38. The van der Waals surface area contributed by atoms with Gasteiger partial charge in [-0.3, -0.25) is 4.99 Å². The van der Waals surface area contributed by atoms with Crippen LogP contribution in [0.1, 0.15) is 38.2 Å². The highest BCUT2D eigenvalue weighted by atomic mass is 127. The summed E-state index contributed by atoms with van der Waals surface area (Å²) in [5.74, 6) is 2.41. The van der Waals surface area contributed by atoms with Gasteiger partial charge >= 0.3 is 0 Å². The first kappa shape index (κ1) is 24.8. The Labute approximate surface area is 186 Å². The zero-order chi connectivity index (χ0) is 19.5. The number of rotatable bonds is 11. The number of methoxy groups -OCH3 is 3. The zero-order valence-corrected chi connectivity index (χ0v) is 20.0. The van der Waals surface area contributed by atoms with Crippen molar-refractivity contribution >= 4 is 29.9 Å². The molecule has 0 aliphatic heterocycles. The Bertz CT molecular complexity index is 607. The molecule has 2 N–H and O–H groups in total. The summed E-state index contributed by atoms with van der Waals surface area (Å²) in [4.78, 5) is 4.85. The van der Waals surface area contributed by atoms with Crippen molar-refractivity contribution in [3.05, 3.63) is 23.8 Å². The van der Waals surface area contributed by atoms with Crippen LogP contribution in [0.3, 0.4) is 0 Å². The van der Waals surface area contributed by atoms with Crippen LogP contribution in [0.2, 0.25) is 0 Å². The molecule has 1 saturated carbocycles. The summed E-state index contributed by atoms with van der Waals surface area (Å²) in [6, 6.07) is 6.05. The van der Waals surface area contributed by atoms with Crippen molar-refractivity contribution < 1.29 is 14.2 Å². The fourth-order valence-electron chi connectivity index (χ4n) is 3.43. The normalized spacial score (nSPS) is 15.2. The van der Waals surface area contributed by atoms with Crippen LogP contribution in [-0.2, 0) is 11.2 Å². The van der Waals surface area contributed by atoms with Gasteiger partial charge in [0.05, 0.1) is 14.2 Å². The lowest BCUT2D eigenvalue weighted by molar-refractivity contribution is 0.0778. The van der Waals surface area contributed by atoms with Crippen molar-refractivity contribution in [2.45, 2.75) is 39.0 Å². The van der Waals surface area contributed by atoms with Crippen LogP contribution in [0.15, 0.2) is 23.2 Å². The Balaban J connectivity index is 0.00000392. The third-order valence-corrected chi connectivity index (χ3v) is 5.32. The molecule has 6 nitrogen and oxygen atoms in total. The lowest BCUT2D eigenvalue weighted by atomic mass is 9.67. The number of halogens is 1. The number of hydrogen-bond acceptors (Lipinski definition) is 4. The van der Waals surface area contributed by atoms with Gasteiger partial charge in [0.1, 0.15) is 0 Å². The highest BCUT2D eigenvalue weighted by molar-refractivity contribution is 14.0. The third-order valence-electron chi connectivity index (χ3n) is 5.32. The fourth-order valence-corrected chi connectivity index (χ4v) is 3.43. The standard InChI is InChI=1S/C21H35N3O3.HI/c1-5-22-20(24-16-21(10-6-11-21)12-14-25-2)23-13-9-17-7-8-18(26-3)19(15-17)27-4;/h7-8,15H,5-6,9-14,16H2,1-4H3,(H2,22,23,24);1H. The molecule has 1 aromatic rings. The molecule has 0 saturated heterocycles. The van der Waals surface area contributed by atoms with Gasteiger partial charge < -0.3 is 24.8 Å².